The van der Waals surface area contributed by atoms with Gasteiger partial charge in [-0.15, -0.1) is 5.10 Å². The fourth-order valence-corrected chi connectivity index (χ4v) is 1.10. The first-order valence-electron chi connectivity index (χ1n) is 3.87. The monoisotopic (exact) mass is 175 g/mol. The molecule has 0 aliphatic rings. The van der Waals surface area contributed by atoms with Crippen molar-refractivity contribution in [2.75, 3.05) is 5.73 Å². The summed E-state index contributed by atoms with van der Waals surface area (Å²) in [6.07, 6.45) is 1.62. The molecule has 5 heteroatoms. The minimum absolute atomic E-state index is 0.501. The number of aromatic amines is 1. The second-order valence-corrected chi connectivity index (χ2v) is 2.72. The van der Waals surface area contributed by atoms with Gasteiger partial charge < -0.3 is 5.73 Å². The second-order valence-electron chi connectivity index (χ2n) is 2.72. The predicted molar refractivity (Wildman–Crippen MR) is 48.8 cm³/mol. The van der Waals surface area contributed by atoms with Crippen LogP contribution in [-0.4, -0.2) is 20.4 Å². The van der Waals surface area contributed by atoms with Crippen molar-refractivity contribution in [3.63, 3.8) is 0 Å². The molecule has 0 radical (unpaired) electrons. The highest BCUT2D eigenvalue weighted by Crippen LogP contribution is 2.20. The predicted octanol–water partition coefficient (Wildman–Crippen LogP) is 0.757. The van der Waals surface area contributed by atoms with Crippen molar-refractivity contribution >= 4 is 5.82 Å². The van der Waals surface area contributed by atoms with Crippen molar-refractivity contribution in [3.05, 3.63) is 23.9 Å². The highest BCUT2D eigenvalue weighted by atomic mass is 15.2. The number of hydrogen-bond acceptors (Lipinski definition) is 4. The number of aromatic nitrogens is 4. The molecule has 0 bridgehead atoms. The summed E-state index contributed by atoms with van der Waals surface area (Å²) in [6.45, 7) is 1.89. The van der Waals surface area contributed by atoms with Crippen LogP contribution >= 0.6 is 0 Å². The van der Waals surface area contributed by atoms with Gasteiger partial charge in [0.05, 0.1) is 5.69 Å². The molecule has 0 saturated heterocycles. The second kappa shape index (κ2) is 2.85. The molecule has 0 spiro atoms. The third-order valence-electron chi connectivity index (χ3n) is 1.88. The van der Waals surface area contributed by atoms with E-state index >= 15 is 0 Å². The molecule has 0 fully saturated rings. The third kappa shape index (κ3) is 1.24. The number of nitrogens with zero attached hydrogens (tertiary/aromatic N) is 3. The van der Waals surface area contributed by atoms with Crippen LogP contribution < -0.4 is 5.73 Å². The fraction of sp³-hybridized carbons (Fsp3) is 0.125. The summed E-state index contributed by atoms with van der Waals surface area (Å²) in [5, 5.41) is 14.4. The van der Waals surface area contributed by atoms with Crippen LogP contribution in [0.25, 0.3) is 11.4 Å². The van der Waals surface area contributed by atoms with Gasteiger partial charge in [0.1, 0.15) is 11.5 Å². The number of rotatable bonds is 1. The van der Waals surface area contributed by atoms with Gasteiger partial charge in [0.25, 0.3) is 0 Å². The Balaban J connectivity index is 2.53. The van der Waals surface area contributed by atoms with E-state index in [1.165, 1.54) is 0 Å². The average molecular weight is 175 g/mol. The van der Waals surface area contributed by atoms with Crippen LogP contribution in [0.15, 0.2) is 18.3 Å². The number of nitrogens with two attached hydrogens (primary N) is 1. The van der Waals surface area contributed by atoms with Crippen LogP contribution in [0, 0.1) is 6.92 Å². The molecular formula is C8H9N5. The van der Waals surface area contributed by atoms with Gasteiger partial charge in [-0.3, -0.25) is 5.10 Å². The van der Waals surface area contributed by atoms with Gasteiger partial charge in [-0.05, 0) is 19.1 Å². The zero-order valence-corrected chi connectivity index (χ0v) is 7.15. The minimum Gasteiger partial charge on any atom is -0.382 e. The van der Waals surface area contributed by atoms with Gasteiger partial charge in [-0.1, -0.05) is 0 Å². The maximum absolute atomic E-state index is 5.59. The van der Waals surface area contributed by atoms with Crippen LogP contribution in [-0.2, 0) is 0 Å². The third-order valence-corrected chi connectivity index (χ3v) is 1.88. The molecule has 3 N–H and O–H groups in total. The van der Waals surface area contributed by atoms with Crippen molar-refractivity contribution in [1.82, 2.24) is 20.4 Å². The summed E-state index contributed by atoms with van der Waals surface area (Å²) in [5.74, 6) is 0.501. The van der Waals surface area contributed by atoms with E-state index in [4.69, 9.17) is 5.73 Å². The largest absolute Gasteiger partial charge is 0.382 e. The standard InChI is InChI=1S/C8H9N5/c1-5-7(12-13-8(5)9)6-3-2-4-10-11-6/h2-4H,1H3,(H3,9,12,13). The number of anilines is 1. The van der Waals surface area contributed by atoms with Crippen molar-refractivity contribution in [2.24, 2.45) is 0 Å². The Morgan fingerprint density at radius 3 is 2.85 bits per heavy atom. The highest BCUT2D eigenvalue weighted by molar-refractivity contribution is 5.63. The molecule has 0 atom stereocenters. The van der Waals surface area contributed by atoms with Crippen molar-refractivity contribution in [3.8, 4) is 11.4 Å². The molecule has 2 aromatic rings. The Morgan fingerprint density at radius 1 is 1.46 bits per heavy atom. The van der Waals surface area contributed by atoms with Gasteiger partial charge >= 0.3 is 0 Å². The van der Waals surface area contributed by atoms with Crippen LogP contribution in [0.5, 0.6) is 0 Å². The first kappa shape index (κ1) is 7.72. The Bertz CT molecular complexity index is 406. The lowest BCUT2D eigenvalue weighted by Crippen LogP contribution is -1.89. The van der Waals surface area contributed by atoms with Gasteiger partial charge in [0.15, 0.2) is 0 Å². The summed E-state index contributed by atoms with van der Waals surface area (Å²) in [5.41, 5.74) is 8.07. The fourth-order valence-electron chi connectivity index (χ4n) is 1.10. The van der Waals surface area contributed by atoms with E-state index in [9.17, 15) is 0 Å². The Hall–Kier alpha value is -1.91. The average Bonchev–Trinajstić information content (AvgIpc) is 2.49. The zero-order valence-electron chi connectivity index (χ0n) is 7.15. The SMILES string of the molecule is Cc1c(N)n[nH]c1-c1cccnn1. The summed E-state index contributed by atoms with van der Waals surface area (Å²) < 4.78 is 0. The molecular weight excluding hydrogens is 166 g/mol. The maximum atomic E-state index is 5.59. The van der Waals surface area contributed by atoms with E-state index in [1.807, 2.05) is 19.1 Å². The number of nitrogen functional groups attached to an aromatic ring is 1. The summed E-state index contributed by atoms with van der Waals surface area (Å²) in [6, 6.07) is 3.67. The number of nitrogens with one attached hydrogen (secondary N) is 1. The minimum atomic E-state index is 0.501. The molecule has 0 aromatic carbocycles. The van der Waals surface area contributed by atoms with Crippen LogP contribution in [0.3, 0.4) is 0 Å². The van der Waals surface area contributed by atoms with Crippen LogP contribution in [0.4, 0.5) is 5.82 Å². The Morgan fingerprint density at radius 2 is 2.31 bits per heavy atom. The molecule has 13 heavy (non-hydrogen) atoms. The van der Waals surface area contributed by atoms with E-state index in [1.54, 1.807) is 6.20 Å². The van der Waals surface area contributed by atoms with Gasteiger partial charge in [0.2, 0.25) is 0 Å². The van der Waals surface area contributed by atoms with E-state index < -0.39 is 0 Å². The molecule has 2 rings (SSSR count). The van der Waals surface area contributed by atoms with Crippen molar-refractivity contribution in [2.45, 2.75) is 6.92 Å². The van der Waals surface area contributed by atoms with Crippen LogP contribution in [0.2, 0.25) is 0 Å². The molecule has 0 amide bonds. The normalized spacial score (nSPS) is 10.2. The number of H-pyrrole nitrogens is 1. The first-order chi connectivity index (χ1) is 6.29. The maximum Gasteiger partial charge on any atom is 0.148 e. The van der Waals surface area contributed by atoms with Gasteiger partial charge in [-0.25, -0.2) is 0 Å². The van der Waals surface area contributed by atoms with E-state index in [0.717, 1.165) is 17.0 Å². The van der Waals surface area contributed by atoms with E-state index in [0.29, 0.717) is 5.82 Å². The molecule has 0 saturated carbocycles. The quantitative estimate of drug-likeness (QED) is 0.670. The number of hydrogen-bond donors (Lipinski definition) is 2. The first-order valence-corrected chi connectivity index (χ1v) is 3.87. The lowest BCUT2D eigenvalue weighted by atomic mass is 10.2. The van der Waals surface area contributed by atoms with Crippen molar-refractivity contribution in [1.29, 1.82) is 0 Å². The summed E-state index contributed by atoms with van der Waals surface area (Å²) in [4.78, 5) is 0. The molecule has 2 heterocycles. The molecule has 5 nitrogen and oxygen atoms in total. The Labute approximate surface area is 75.0 Å². The van der Waals surface area contributed by atoms with E-state index in [-0.39, 0.29) is 0 Å². The molecule has 0 aliphatic carbocycles. The smallest absolute Gasteiger partial charge is 0.148 e. The molecule has 66 valence electrons. The van der Waals surface area contributed by atoms with E-state index in [2.05, 4.69) is 20.4 Å². The molecule has 0 aliphatic heterocycles. The topological polar surface area (TPSA) is 80.5 Å². The lowest BCUT2D eigenvalue weighted by Gasteiger charge is -1.95. The summed E-state index contributed by atoms with van der Waals surface area (Å²) >= 11 is 0. The molecule has 0 unspecified atom stereocenters. The highest BCUT2D eigenvalue weighted by Gasteiger charge is 2.08. The van der Waals surface area contributed by atoms with Gasteiger partial charge in [0, 0.05) is 11.8 Å². The lowest BCUT2D eigenvalue weighted by molar-refractivity contribution is 1.01. The summed E-state index contributed by atoms with van der Waals surface area (Å²) in [7, 11) is 0. The Kier molecular flexibility index (Phi) is 1.70. The van der Waals surface area contributed by atoms with Gasteiger partial charge in [-0.2, -0.15) is 10.2 Å². The van der Waals surface area contributed by atoms with Crippen LogP contribution in [0.1, 0.15) is 5.56 Å². The zero-order chi connectivity index (χ0) is 9.26. The van der Waals surface area contributed by atoms with Crippen molar-refractivity contribution < 1.29 is 0 Å². The molecule has 2 aromatic heterocycles.